The second-order valence-electron chi connectivity index (χ2n) is 7.12. The van der Waals surface area contributed by atoms with Crippen LogP contribution in [0.5, 0.6) is 17.2 Å². The maximum absolute atomic E-state index is 12.9. The minimum Gasteiger partial charge on any atom is -0.495 e. The van der Waals surface area contributed by atoms with Crippen LogP contribution in [0.25, 0.3) is 0 Å². The molecule has 2 aromatic carbocycles. The summed E-state index contributed by atoms with van der Waals surface area (Å²) in [6.45, 7) is 0.292. The Morgan fingerprint density at radius 1 is 0.939 bits per heavy atom. The van der Waals surface area contributed by atoms with Gasteiger partial charge in [-0.25, -0.2) is 12.7 Å². The first-order valence-corrected chi connectivity index (χ1v) is 11.3. The molecule has 9 nitrogen and oxygen atoms in total. The van der Waals surface area contributed by atoms with Crippen LogP contribution in [0.1, 0.15) is 15.9 Å². The smallest absolute Gasteiger partial charge is 0.255 e. The molecule has 33 heavy (non-hydrogen) atoms. The minimum atomic E-state index is -3.81. The van der Waals surface area contributed by atoms with Crippen LogP contribution in [-0.2, 0) is 16.6 Å². The van der Waals surface area contributed by atoms with Crippen LogP contribution < -0.4 is 19.5 Å². The minimum absolute atomic E-state index is 0.0984. The molecule has 0 unspecified atom stereocenters. The fourth-order valence-electron chi connectivity index (χ4n) is 2.93. The van der Waals surface area contributed by atoms with Crippen molar-refractivity contribution in [3.05, 3.63) is 72.1 Å². The predicted molar refractivity (Wildman–Crippen MR) is 123 cm³/mol. The monoisotopic (exact) mass is 471 g/mol. The van der Waals surface area contributed by atoms with Crippen molar-refractivity contribution in [1.82, 2.24) is 9.29 Å². The number of sulfonamides is 1. The number of aromatic nitrogens is 1. The molecule has 3 aromatic rings. The lowest BCUT2D eigenvalue weighted by molar-refractivity contribution is 0.102. The number of ether oxygens (including phenoxy) is 3. The van der Waals surface area contributed by atoms with Crippen LogP contribution in [0.3, 0.4) is 0 Å². The fraction of sp³-hybridized carbons (Fsp3) is 0.217. The normalized spacial score (nSPS) is 11.2. The summed E-state index contributed by atoms with van der Waals surface area (Å²) in [5.41, 5.74) is 1.54. The predicted octanol–water partition coefficient (Wildman–Crippen LogP) is 3.18. The SMILES string of the molecule is COc1ccc(NC(=O)c2ccc(OC)c(S(=O)(=O)N(C)C)c2)cc1OCc1ccncc1. The van der Waals surface area contributed by atoms with E-state index < -0.39 is 15.9 Å². The molecule has 174 valence electrons. The number of pyridine rings is 1. The van der Waals surface area contributed by atoms with Crippen molar-refractivity contribution in [3.8, 4) is 17.2 Å². The molecular weight excluding hydrogens is 446 g/mol. The molecule has 0 saturated heterocycles. The molecule has 0 atom stereocenters. The third-order valence-electron chi connectivity index (χ3n) is 4.75. The molecule has 0 radical (unpaired) electrons. The molecule has 0 saturated carbocycles. The van der Waals surface area contributed by atoms with E-state index >= 15 is 0 Å². The molecule has 0 aliphatic rings. The maximum Gasteiger partial charge on any atom is 0.255 e. The number of benzene rings is 2. The number of nitrogens with zero attached hydrogens (tertiary/aromatic N) is 2. The Hall–Kier alpha value is -3.63. The number of hydrogen-bond acceptors (Lipinski definition) is 7. The first kappa shape index (κ1) is 24.0. The average Bonchev–Trinajstić information content (AvgIpc) is 2.82. The van der Waals surface area contributed by atoms with Crippen LogP contribution in [0.15, 0.2) is 65.8 Å². The summed E-state index contributed by atoms with van der Waals surface area (Å²) in [7, 11) is 1.90. The van der Waals surface area contributed by atoms with Crippen LogP contribution in [0, 0.1) is 0 Å². The van der Waals surface area contributed by atoms with Gasteiger partial charge >= 0.3 is 0 Å². The van der Waals surface area contributed by atoms with Crippen molar-refractivity contribution in [1.29, 1.82) is 0 Å². The number of hydrogen-bond donors (Lipinski definition) is 1. The molecule has 0 fully saturated rings. The van der Waals surface area contributed by atoms with E-state index in [0.29, 0.717) is 23.8 Å². The summed E-state index contributed by atoms with van der Waals surface area (Å²) in [6, 6.07) is 12.9. The third kappa shape index (κ3) is 5.60. The van der Waals surface area contributed by atoms with Gasteiger partial charge in [-0.05, 0) is 48.0 Å². The van der Waals surface area contributed by atoms with Gasteiger partial charge in [0.1, 0.15) is 17.3 Å². The van der Waals surface area contributed by atoms with E-state index in [1.54, 1.807) is 30.6 Å². The molecule has 1 aromatic heterocycles. The van der Waals surface area contributed by atoms with Crippen molar-refractivity contribution in [2.45, 2.75) is 11.5 Å². The number of rotatable bonds is 9. The second kappa shape index (κ2) is 10.3. The molecule has 1 N–H and O–H groups in total. The molecule has 0 bridgehead atoms. The van der Waals surface area contributed by atoms with Crippen LogP contribution in [0.2, 0.25) is 0 Å². The Labute approximate surface area is 193 Å². The molecule has 0 spiro atoms. The summed E-state index contributed by atoms with van der Waals surface area (Å²) in [5.74, 6) is 0.609. The van der Waals surface area contributed by atoms with Crippen molar-refractivity contribution in [2.75, 3.05) is 33.6 Å². The summed E-state index contributed by atoms with van der Waals surface area (Å²) < 4.78 is 42.7. The molecule has 10 heteroatoms. The lowest BCUT2D eigenvalue weighted by atomic mass is 10.2. The first-order chi connectivity index (χ1) is 15.8. The highest BCUT2D eigenvalue weighted by Crippen LogP contribution is 2.32. The third-order valence-corrected chi connectivity index (χ3v) is 6.59. The Kier molecular flexibility index (Phi) is 7.52. The van der Waals surface area contributed by atoms with E-state index in [0.717, 1.165) is 9.87 Å². The van der Waals surface area contributed by atoms with Crippen molar-refractivity contribution < 1.29 is 27.4 Å². The summed E-state index contributed by atoms with van der Waals surface area (Å²) in [4.78, 5) is 16.7. The zero-order valence-electron chi connectivity index (χ0n) is 18.7. The first-order valence-electron chi connectivity index (χ1n) is 9.88. The lowest BCUT2D eigenvalue weighted by Gasteiger charge is -2.16. The van der Waals surface area contributed by atoms with Crippen molar-refractivity contribution in [3.63, 3.8) is 0 Å². The molecule has 0 aliphatic carbocycles. The average molecular weight is 472 g/mol. The van der Waals surface area contributed by atoms with Gasteiger partial charge in [-0.1, -0.05) is 0 Å². The van der Waals surface area contributed by atoms with E-state index in [4.69, 9.17) is 14.2 Å². The lowest BCUT2D eigenvalue weighted by Crippen LogP contribution is -2.23. The van der Waals surface area contributed by atoms with Gasteiger partial charge in [0.05, 0.1) is 14.2 Å². The van der Waals surface area contributed by atoms with E-state index in [2.05, 4.69) is 10.3 Å². The number of carbonyl (C=O) groups is 1. The Morgan fingerprint density at radius 3 is 2.24 bits per heavy atom. The molecule has 1 heterocycles. The zero-order chi connectivity index (χ0) is 24.0. The van der Waals surface area contributed by atoms with Crippen LogP contribution in [-0.4, -0.2) is 51.9 Å². The topological polar surface area (TPSA) is 107 Å². The highest BCUT2D eigenvalue weighted by molar-refractivity contribution is 7.89. The summed E-state index contributed by atoms with van der Waals surface area (Å²) >= 11 is 0. The van der Waals surface area contributed by atoms with Gasteiger partial charge in [-0.3, -0.25) is 9.78 Å². The number of amides is 1. The molecular formula is C23H25N3O6S. The fourth-order valence-corrected chi connectivity index (χ4v) is 4.00. The van der Waals surface area contributed by atoms with E-state index in [-0.39, 0.29) is 16.2 Å². The van der Waals surface area contributed by atoms with Crippen molar-refractivity contribution >= 4 is 21.6 Å². The maximum atomic E-state index is 12.9. The van der Waals surface area contributed by atoms with E-state index in [9.17, 15) is 13.2 Å². The largest absolute Gasteiger partial charge is 0.495 e. The quantitative estimate of drug-likeness (QED) is 0.511. The van der Waals surface area contributed by atoms with Gasteiger partial charge < -0.3 is 19.5 Å². The van der Waals surface area contributed by atoms with Gasteiger partial charge in [0, 0.05) is 43.8 Å². The van der Waals surface area contributed by atoms with E-state index in [1.165, 1.54) is 46.5 Å². The van der Waals surface area contributed by atoms with Gasteiger partial charge in [0.15, 0.2) is 11.5 Å². The highest BCUT2D eigenvalue weighted by Gasteiger charge is 2.24. The van der Waals surface area contributed by atoms with E-state index in [1.807, 2.05) is 12.1 Å². The molecule has 3 rings (SSSR count). The molecule has 0 aliphatic heterocycles. The number of nitrogens with one attached hydrogen (secondary N) is 1. The molecule has 1 amide bonds. The van der Waals surface area contributed by atoms with Gasteiger partial charge in [-0.15, -0.1) is 0 Å². The number of methoxy groups -OCH3 is 2. The van der Waals surface area contributed by atoms with Crippen LogP contribution in [0.4, 0.5) is 5.69 Å². The van der Waals surface area contributed by atoms with Crippen LogP contribution >= 0.6 is 0 Å². The van der Waals surface area contributed by atoms with Gasteiger partial charge in [0.2, 0.25) is 10.0 Å². The summed E-state index contributed by atoms with van der Waals surface area (Å²) in [5, 5.41) is 2.76. The Morgan fingerprint density at radius 2 is 1.61 bits per heavy atom. The zero-order valence-corrected chi connectivity index (χ0v) is 19.5. The Bertz CT molecular complexity index is 1230. The standard InChI is InChI=1S/C23H25N3O6S/c1-26(2)33(28,29)22-13-17(5-7-20(22)31-4)23(27)25-18-6-8-19(30-3)21(14-18)32-15-16-9-11-24-12-10-16/h5-14H,15H2,1-4H3,(H,25,27). The number of anilines is 1. The van der Waals surface area contributed by atoms with Gasteiger partial charge in [-0.2, -0.15) is 0 Å². The summed E-state index contributed by atoms with van der Waals surface area (Å²) in [6.07, 6.45) is 3.35. The van der Waals surface area contributed by atoms with Crippen molar-refractivity contribution in [2.24, 2.45) is 0 Å². The van der Waals surface area contributed by atoms with Gasteiger partial charge in [0.25, 0.3) is 5.91 Å². The second-order valence-corrected chi connectivity index (χ2v) is 9.24. The number of carbonyl (C=O) groups excluding carboxylic acids is 1. The highest BCUT2D eigenvalue weighted by atomic mass is 32.2. The Balaban J connectivity index is 1.84.